The van der Waals surface area contributed by atoms with Crippen LogP contribution in [0.3, 0.4) is 0 Å². The number of likely N-dealkylation sites (N-methyl/N-ethyl adjacent to an activating group) is 1. The van der Waals surface area contributed by atoms with Gasteiger partial charge in [-0.15, -0.1) is 0 Å². The van der Waals surface area contributed by atoms with Crippen LogP contribution in [-0.2, 0) is 4.79 Å². The lowest BCUT2D eigenvalue weighted by molar-refractivity contribution is -0.137. The molecule has 8 heteroatoms. The number of nitrogens with one attached hydrogen (secondary N) is 1. The quantitative estimate of drug-likeness (QED) is 0.739. The number of hydrogen-bond acceptors (Lipinski definition) is 4. The van der Waals surface area contributed by atoms with E-state index in [1.165, 1.54) is 29.8 Å². The van der Waals surface area contributed by atoms with Crippen LogP contribution in [0.25, 0.3) is 5.65 Å². The standard InChI is InChI=1S/C10H10N4O4/c1-13(5-8(15)16)9(17)6-2-3-7-11-12-10(18)14(7)4-6/h2-4H,5H2,1H3,(H,12,18)(H,15,16). The predicted octanol–water partition coefficient (Wildman–Crippen LogP) is -0.821. The number of aromatic amines is 1. The van der Waals surface area contributed by atoms with E-state index in [1.807, 2.05) is 0 Å². The van der Waals surface area contributed by atoms with Crippen LogP contribution in [0.2, 0.25) is 0 Å². The molecular weight excluding hydrogens is 240 g/mol. The number of carbonyl (C=O) groups is 2. The molecule has 2 rings (SSSR count). The van der Waals surface area contributed by atoms with Crippen LogP contribution in [0.15, 0.2) is 23.1 Å². The van der Waals surface area contributed by atoms with Gasteiger partial charge in [-0.2, -0.15) is 5.10 Å². The molecule has 0 unspecified atom stereocenters. The van der Waals surface area contributed by atoms with Crippen molar-refractivity contribution in [3.8, 4) is 0 Å². The highest BCUT2D eigenvalue weighted by Crippen LogP contribution is 2.04. The van der Waals surface area contributed by atoms with E-state index in [2.05, 4.69) is 10.2 Å². The largest absolute Gasteiger partial charge is 0.480 e. The fourth-order valence-electron chi connectivity index (χ4n) is 1.53. The molecule has 0 aromatic carbocycles. The lowest BCUT2D eigenvalue weighted by Gasteiger charge is -2.14. The lowest BCUT2D eigenvalue weighted by Crippen LogP contribution is -2.32. The van der Waals surface area contributed by atoms with E-state index < -0.39 is 24.1 Å². The van der Waals surface area contributed by atoms with Crippen LogP contribution in [0.5, 0.6) is 0 Å². The Balaban J connectivity index is 2.35. The van der Waals surface area contributed by atoms with Crippen LogP contribution in [0.1, 0.15) is 10.4 Å². The molecule has 2 aromatic rings. The number of carbonyl (C=O) groups excluding carboxylic acids is 1. The minimum absolute atomic E-state index is 0.217. The van der Waals surface area contributed by atoms with Gasteiger partial charge in [0, 0.05) is 13.2 Å². The lowest BCUT2D eigenvalue weighted by atomic mass is 10.2. The molecule has 18 heavy (non-hydrogen) atoms. The van der Waals surface area contributed by atoms with Gasteiger partial charge in [0.1, 0.15) is 6.54 Å². The number of nitrogens with zero attached hydrogens (tertiary/aromatic N) is 3. The second-order valence-corrected chi connectivity index (χ2v) is 3.73. The molecule has 0 spiro atoms. The summed E-state index contributed by atoms with van der Waals surface area (Å²) in [6.45, 7) is -0.406. The molecular formula is C10H10N4O4. The predicted molar refractivity (Wildman–Crippen MR) is 60.4 cm³/mol. The van der Waals surface area contributed by atoms with E-state index in [0.717, 1.165) is 4.90 Å². The second kappa shape index (κ2) is 4.32. The van der Waals surface area contributed by atoms with Gasteiger partial charge < -0.3 is 10.0 Å². The SMILES string of the molecule is CN(CC(=O)O)C(=O)c1ccc2n[nH]c(=O)n2c1. The first-order valence-corrected chi connectivity index (χ1v) is 5.03. The molecule has 0 fully saturated rings. The molecule has 0 aliphatic rings. The second-order valence-electron chi connectivity index (χ2n) is 3.73. The topological polar surface area (TPSA) is 108 Å². The van der Waals surface area contributed by atoms with Crippen LogP contribution in [-0.4, -0.2) is 50.1 Å². The summed E-state index contributed by atoms with van der Waals surface area (Å²) in [5.41, 5.74) is 0.146. The molecule has 0 radical (unpaired) electrons. The number of amides is 1. The van der Waals surface area contributed by atoms with E-state index >= 15 is 0 Å². The highest BCUT2D eigenvalue weighted by atomic mass is 16.4. The van der Waals surface area contributed by atoms with Crippen molar-refractivity contribution in [2.45, 2.75) is 0 Å². The van der Waals surface area contributed by atoms with Crippen molar-refractivity contribution >= 4 is 17.5 Å². The third-order valence-electron chi connectivity index (χ3n) is 2.38. The monoisotopic (exact) mass is 250 g/mol. The first kappa shape index (κ1) is 11.8. The summed E-state index contributed by atoms with van der Waals surface area (Å²) in [6.07, 6.45) is 1.32. The summed E-state index contributed by atoms with van der Waals surface area (Å²) in [4.78, 5) is 34.8. The van der Waals surface area contributed by atoms with Gasteiger partial charge in [-0.1, -0.05) is 0 Å². The van der Waals surface area contributed by atoms with E-state index in [0.29, 0.717) is 5.65 Å². The van der Waals surface area contributed by atoms with Gasteiger partial charge in [0.25, 0.3) is 5.91 Å². The number of fused-ring (bicyclic) bond motifs is 1. The van der Waals surface area contributed by atoms with Gasteiger partial charge in [0.2, 0.25) is 0 Å². The molecule has 0 bridgehead atoms. The Labute approximate surface area is 100 Å². The van der Waals surface area contributed by atoms with Crippen molar-refractivity contribution in [1.29, 1.82) is 0 Å². The van der Waals surface area contributed by atoms with Gasteiger partial charge in [-0.3, -0.25) is 9.59 Å². The maximum atomic E-state index is 11.9. The van der Waals surface area contributed by atoms with Crippen molar-refractivity contribution in [2.75, 3.05) is 13.6 Å². The normalized spacial score (nSPS) is 10.5. The molecule has 94 valence electrons. The summed E-state index contributed by atoms with van der Waals surface area (Å²) in [5.74, 6) is -1.58. The summed E-state index contributed by atoms with van der Waals surface area (Å²) in [6, 6.07) is 2.98. The maximum absolute atomic E-state index is 11.9. The molecule has 2 aromatic heterocycles. The molecule has 8 nitrogen and oxygen atoms in total. The molecule has 0 atom stereocenters. The molecule has 1 amide bonds. The number of pyridine rings is 1. The van der Waals surface area contributed by atoms with Gasteiger partial charge in [0.15, 0.2) is 5.65 Å². The van der Waals surface area contributed by atoms with Gasteiger partial charge >= 0.3 is 11.7 Å². The van der Waals surface area contributed by atoms with E-state index in [1.54, 1.807) is 0 Å². The summed E-state index contributed by atoms with van der Waals surface area (Å²) in [7, 11) is 1.37. The highest BCUT2D eigenvalue weighted by molar-refractivity contribution is 5.95. The molecule has 0 aliphatic heterocycles. The van der Waals surface area contributed by atoms with Crippen molar-refractivity contribution in [3.63, 3.8) is 0 Å². The Kier molecular flexibility index (Phi) is 2.84. The van der Waals surface area contributed by atoms with Crippen LogP contribution in [0.4, 0.5) is 0 Å². The van der Waals surface area contributed by atoms with Crippen molar-refractivity contribution < 1.29 is 14.7 Å². The fraction of sp³-hybridized carbons (Fsp3) is 0.200. The Morgan fingerprint density at radius 1 is 1.50 bits per heavy atom. The van der Waals surface area contributed by atoms with Crippen molar-refractivity contribution in [1.82, 2.24) is 19.5 Å². The van der Waals surface area contributed by atoms with Crippen molar-refractivity contribution in [3.05, 3.63) is 34.4 Å². The number of carboxylic acids is 1. The highest BCUT2D eigenvalue weighted by Gasteiger charge is 2.15. The Morgan fingerprint density at radius 2 is 2.22 bits per heavy atom. The molecule has 2 heterocycles. The minimum Gasteiger partial charge on any atom is -0.480 e. The van der Waals surface area contributed by atoms with Crippen molar-refractivity contribution in [2.24, 2.45) is 0 Å². The number of rotatable bonds is 3. The minimum atomic E-state index is -1.10. The summed E-state index contributed by atoms with van der Waals surface area (Å²) in [5, 5.41) is 14.6. The van der Waals surface area contributed by atoms with Crippen LogP contribution < -0.4 is 5.69 Å². The van der Waals surface area contributed by atoms with Crippen LogP contribution >= 0.6 is 0 Å². The van der Waals surface area contributed by atoms with Gasteiger partial charge in [0.05, 0.1) is 5.56 Å². The molecule has 2 N–H and O–H groups in total. The Morgan fingerprint density at radius 3 is 2.89 bits per heavy atom. The van der Waals surface area contributed by atoms with Gasteiger partial charge in [-0.05, 0) is 12.1 Å². The number of aliphatic carboxylic acids is 1. The Bertz CT molecular complexity index is 672. The van der Waals surface area contributed by atoms with E-state index in [9.17, 15) is 14.4 Å². The molecule has 0 saturated heterocycles. The number of H-pyrrole nitrogens is 1. The van der Waals surface area contributed by atoms with Gasteiger partial charge in [-0.25, -0.2) is 14.3 Å². The first-order chi connectivity index (χ1) is 8.49. The third kappa shape index (κ3) is 2.08. The number of hydrogen-bond donors (Lipinski definition) is 2. The maximum Gasteiger partial charge on any atom is 0.347 e. The fourth-order valence-corrected chi connectivity index (χ4v) is 1.53. The average Bonchev–Trinajstić information content (AvgIpc) is 2.69. The zero-order valence-electron chi connectivity index (χ0n) is 9.45. The van der Waals surface area contributed by atoms with Crippen LogP contribution in [0, 0.1) is 0 Å². The number of aromatic nitrogens is 3. The summed E-state index contributed by atoms with van der Waals surface area (Å²) < 4.78 is 1.18. The number of carboxylic acid groups (broad SMARTS) is 1. The van der Waals surface area contributed by atoms with E-state index in [-0.39, 0.29) is 5.56 Å². The smallest absolute Gasteiger partial charge is 0.347 e. The third-order valence-corrected chi connectivity index (χ3v) is 2.38. The Hall–Kier alpha value is -2.64. The summed E-state index contributed by atoms with van der Waals surface area (Å²) >= 11 is 0. The zero-order chi connectivity index (χ0) is 13.3. The van der Waals surface area contributed by atoms with E-state index in [4.69, 9.17) is 5.11 Å². The first-order valence-electron chi connectivity index (χ1n) is 5.03. The zero-order valence-corrected chi connectivity index (χ0v) is 9.45. The molecule has 0 saturated carbocycles. The average molecular weight is 250 g/mol. The molecule has 0 aliphatic carbocycles.